The molecule has 3 aliphatic rings. The first-order chi connectivity index (χ1) is 14.7. The van der Waals surface area contributed by atoms with E-state index in [1.165, 1.54) is 35.6 Å². The Morgan fingerprint density at radius 1 is 1.10 bits per heavy atom. The molecule has 2 unspecified atom stereocenters. The maximum atomic E-state index is 12.7. The Bertz CT molecular complexity index is 951. The summed E-state index contributed by atoms with van der Waals surface area (Å²) in [5.41, 5.74) is 0.00700. The minimum Gasteiger partial charge on any atom is -0.447 e. The van der Waals surface area contributed by atoms with Crippen LogP contribution >= 0.6 is 11.3 Å². The van der Waals surface area contributed by atoms with Crippen molar-refractivity contribution in [3.05, 3.63) is 41.3 Å². The number of benzene rings is 1. The molecule has 2 atom stereocenters. The first-order valence-corrected chi connectivity index (χ1v) is 10.8. The number of fused-ring (bicyclic) bond motifs is 3. The van der Waals surface area contributed by atoms with E-state index >= 15 is 0 Å². The third-order valence-electron chi connectivity index (χ3n) is 5.87. The number of piperidine rings is 3. The molecular weight excluding hydrogens is 431 g/mol. The Hall–Kier alpha value is -2.59. The van der Waals surface area contributed by atoms with Gasteiger partial charge in [0.2, 0.25) is 0 Å². The van der Waals surface area contributed by atoms with Gasteiger partial charge in [-0.3, -0.25) is 14.5 Å². The molecule has 3 aliphatic heterocycles. The van der Waals surface area contributed by atoms with Crippen molar-refractivity contribution in [2.45, 2.75) is 38.0 Å². The first kappa shape index (κ1) is 21.6. The molecule has 1 aromatic carbocycles. The average molecular weight is 453 g/mol. The minimum absolute atomic E-state index is 0.00700. The van der Waals surface area contributed by atoms with E-state index < -0.39 is 12.1 Å². The number of alkyl halides is 3. The molecule has 0 radical (unpaired) electrons. The number of thiophene rings is 1. The van der Waals surface area contributed by atoms with Gasteiger partial charge in [0.25, 0.3) is 5.91 Å². The molecule has 0 spiro atoms. The van der Waals surface area contributed by atoms with Crippen molar-refractivity contribution in [2.24, 2.45) is 5.92 Å². The van der Waals surface area contributed by atoms with Gasteiger partial charge in [-0.05, 0) is 75.2 Å². The van der Waals surface area contributed by atoms with Crippen LogP contribution in [0.2, 0.25) is 0 Å². The van der Waals surface area contributed by atoms with Crippen molar-refractivity contribution < 1.29 is 27.5 Å². The Morgan fingerprint density at radius 2 is 1.77 bits per heavy atom. The largest absolute Gasteiger partial charge is 0.471 e. The number of nitrogens with one attached hydrogen (secondary N) is 2. The van der Waals surface area contributed by atoms with Crippen molar-refractivity contribution >= 4 is 28.8 Å². The molecule has 3 fully saturated rings. The van der Waals surface area contributed by atoms with Gasteiger partial charge >= 0.3 is 12.1 Å². The van der Waals surface area contributed by atoms with Gasteiger partial charge in [-0.1, -0.05) is 11.3 Å². The normalized spacial score (nSPS) is 25.2. The SMILES string of the molecule is CC1C(NC(=O)c2ccc(Oc3ccc(NC(=O)C(F)(F)F)cc3)s2)C2CCN1CC2. The number of carbonyl (C=O) groups is 2. The molecule has 4 heterocycles. The van der Waals surface area contributed by atoms with E-state index in [-0.39, 0.29) is 17.6 Å². The molecule has 2 N–H and O–H groups in total. The second-order valence-electron chi connectivity index (χ2n) is 7.81. The number of hydrogen-bond acceptors (Lipinski definition) is 5. The van der Waals surface area contributed by atoms with Gasteiger partial charge in [0, 0.05) is 17.8 Å². The highest BCUT2D eigenvalue weighted by Gasteiger charge is 2.40. The van der Waals surface area contributed by atoms with E-state index in [0.29, 0.717) is 27.6 Å². The molecular formula is C21H22F3N3O3S. The molecule has 10 heteroatoms. The number of ether oxygens (including phenoxy) is 1. The first-order valence-electron chi connectivity index (χ1n) is 10.0. The summed E-state index contributed by atoms with van der Waals surface area (Å²) in [6.07, 6.45) is -2.74. The van der Waals surface area contributed by atoms with Crippen molar-refractivity contribution in [3.8, 4) is 10.8 Å². The summed E-state index contributed by atoms with van der Waals surface area (Å²) in [5.74, 6) is -1.27. The number of anilines is 1. The second-order valence-corrected chi connectivity index (χ2v) is 8.86. The summed E-state index contributed by atoms with van der Waals surface area (Å²) in [4.78, 5) is 26.6. The molecule has 2 amide bonds. The predicted molar refractivity (Wildman–Crippen MR) is 111 cm³/mol. The van der Waals surface area contributed by atoms with Gasteiger partial charge in [-0.2, -0.15) is 13.2 Å². The molecule has 166 valence electrons. The zero-order chi connectivity index (χ0) is 22.2. The van der Waals surface area contributed by atoms with Crippen LogP contribution in [0.3, 0.4) is 0 Å². The lowest BCUT2D eigenvalue weighted by molar-refractivity contribution is -0.167. The smallest absolute Gasteiger partial charge is 0.447 e. The summed E-state index contributed by atoms with van der Waals surface area (Å²) < 4.78 is 42.6. The van der Waals surface area contributed by atoms with Crippen molar-refractivity contribution in [1.82, 2.24) is 10.2 Å². The van der Waals surface area contributed by atoms with Gasteiger partial charge in [-0.25, -0.2) is 0 Å². The fraction of sp³-hybridized carbons (Fsp3) is 0.429. The summed E-state index contributed by atoms with van der Waals surface area (Å²) in [6.45, 7) is 4.34. The number of carbonyl (C=O) groups excluding carboxylic acids is 2. The molecule has 1 aromatic heterocycles. The standard InChI is InChI=1S/C21H22F3N3O3S/c1-12-18(13-8-10-27(12)11-9-13)26-19(28)16-6-7-17(31-16)30-15-4-2-14(3-5-15)25-20(29)21(22,23)24/h2-7,12-13,18H,8-11H2,1H3,(H,25,29)(H,26,28). The van der Waals surface area contributed by atoms with Gasteiger partial charge in [0.1, 0.15) is 5.75 Å². The van der Waals surface area contributed by atoms with E-state index in [9.17, 15) is 22.8 Å². The number of nitrogens with zero attached hydrogens (tertiary/aromatic N) is 1. The zero-order valence-corrected chi connectivity index (χ0v) is 17.6. The number of halogens is 3. The fourth-order valence-electron chi connectivity index (χ4n) is 4.19. The maximum absolute atomic E-state index is 12.7. The van der Waals surface area contributed by atoms with Gasteiger partial charge in [-0.15, -0.1) is 0 Å². The lowest BCUT2D eigenvalue weighted by Gasteiger charge is -2.49. The molecule has 6 nitrogen and oxygen atoms in total. The highest BCUT2D eigenvalue weighted by Crippen LogP contribution is 2.34. The van der Waals surface area contributed by atoms with Crippen LogP contribution in [0.5, 0.6) is 10.8 Å². The van der Waals surface area contributed by atoms with Gasteiger partial charge in [0.15, 0.2) is 5.06 Å². The Kier molecular flexibility index (Phi) is 5.94. The van der Waals surface area contributed by atoms with Crippen LogP contribution in [-0.2, 0) is 4.79 Å². The maximum Gasteiger partial charge on any atom is 0.471 e. The van der Waals surface area contributed by atoms with Crippen molar-refractivity contribution in [3.63, 3.8) is 0 Å². The lowest BCUT2D eigenvalue weighted by atomic mass is 9.79. The molecule has 0 saturated carbocycles. The Balaban J connectivity index is 1.34. The number of amides is 2. The summed E-state index contributed by atoms with van der Waals surface area (Å²) in [5, 5.41) is 5.43. The highest BCUT2D eigenvalue weighted by molar-refractivity contribution is 7.15. The predicted octanol–water partition coefficient (Wildman–Crippen LogP) is 4.25. The molecule has 2 bridgehead atoms. The van der Waals surface area contributed by atoms with Crippen LogP contribution in [0.25, 0.3) is 0 Å². The monoisotopic (exact) mass is 453 g/mol. The molecule has 5 rings (SSSR count). The topological polar surface area (TPSA) is 70.7 Å². The summed E-state index contributed by atoms with van der Waals surface area (Å²) in [7, 11) is 0. The van der Waals surface area contributed by atoms with Crippen molar-refractivity contribution in [1.29, 1.82) is 0 Å². The Morgan fingerprint density at radius 3 is 2.39 bits per heavy atom. The van der Waals surface area contributed by atoms with Crippen LogP contribution in [0.1, 0.15) is 29.4 Å². The van der Waals surface area contributed by atoms with Crippen LogP contribution in [0.4, 0.5) is 18.9 Å². The van der Waals surface area contributed by atoms with Crippen LogP contribution < -0.4 is 15.4 Å². The molecule has 31 heavy (non-hydrogen) atoms. The molecule has 3 saturated heterocycles. The molecule has 2 aromatic rings. The average Bonchev–Trinajstić information content (AvgIpc) is 3.20. The van der Waals surface area contributed by atoms with E-state index in [1.54, 1.807) is 17.4 Å². The quantitative estimate of drug-likeness (QED) is 0.710. The lowest BCUT2D eigenvalue weighted by Crippen LogP contribution is -2.62. The Labute approximate surface area is 181 Å². The number of rotatable bonds is 5. The van der Waals surface area contributed by atoms with Gasteiger partial charge < -0.3 is 15.4 Å². The van der Waals surface area contributed by atoms with Crippen LogP contribution in [0.15, 0.2) is 36.4 Å². The zero-order valence-electron chi connectivity index (χ0n) is 16.7. The number of hydrogen-bond donors (Lipinski definition) is 2. The van der Waals surface area contributed by atoms with E-state index in [0.717, 1.165) is 25.9 Å². The van der Waals surface area contributed by atoms with E-state index in [1.807, 2.05) is 0 Å². The molecule has 0 aliphatic carbocycles. The summed E-state index contributed by atoms with van der Waals surface area (Å²) in [6, 6.07) is 9.35. The highest BCUT2D eigenvalue weighted by atomic mass is 32.1. The second kappa shape index (κ2) is 8.51. The summed E-state index contributed by atoms with van der Waals surface area (Å²) >= 11 is 1.20. The minimum atomic E-state index is -4.95. The third kappa shape index (κ3) is 4.85. The van der Waals surface area contributed by atoms with E-state index in [2.05, 4.69) is 17.1 Å². The van der Waals surface area contributed by atoms with E-state index in [4.69, 9.17) is 4.74 Å². The van der Waals surface area contributed by atoms with Crippen LogP contribution in [0, 0.1) is 5.92 Å². The fourth-order valence-corrected chi connectivity index (χ4v) is 4.97. The van der Waals surface area contributed by atoms with Gasteiger partial charge in [0.05, 0.1) is 4.88 Å². The third-order valence-corrected chi connectivity index (χ3v) is 6.83. The van der Waals surface area contributed by atoms with Crippen LogP contribution in [-0.4, -0.2) is 48.1 Å². The van der Waals surface area contributed by atoms with Crippen molar-refractivity contribution in [2.75, 3.05) is 18.4 Å².